The molecule has 0 bridgehead atoms. The zero-order chi connectivity index (χ0) is 22.1. The minimum Gasteiger partial charge on any atom is -0.491 e. The van der Waals surface area contributed by atoms with Crippen molar-refractivity contribution in [1.82, 2.24) is 9.29 Å². The number of carbonyl (C=O) groups is 1. The zero-order valence-electron chi connectivity index (χ0n) is 17.4. The maximum atomic E-state index is 12.5. The highest BCUT2D eigenvalue weighted by Gasteiger charge is 2.21. The smallest absolute Gasteiger partial charge is 0.244 e. The van der Waals surface area contributed by atoms with E-state index in [1.54, 1.807) is 44.2 Å². The highest BCUT2D eigenvalue weighted by molar-refractivity contribution is 7.99. The van der Waals surface area contributed by atoms with Crippen LogP contribution in [0, 0.1) is 0 Å². The van der Waals surface area contributed by atoms with Gasteiger partial charge in [-0.1, -0.05) is 20.8 Å². The van der Waals surface area contributed by atoms with Crippen LogP contribution in [0.25, 0.3) is 0 Å². The molecule has 0 radical (unpaired) electrons. The van der Waals surface area contributed by atoms with E-state index in [1.807, 2.05) is 6.92 Å². The second-order valence-electron chi connectivity index (χ2n) is 6.50. The lowest BCUT2D eigenvalue weighted by molar-refractivity contribution is 0.0987. The molecule has 0 saturated heterocycles. The molecule has 0 amide bonds. The highest BCUT2D eigenvalue weighted by Crippen LogP contribution is 2.21. The van der Waals surface area contributed by atoms with Crippen molar-refractivity contribution in [1.29, 1.82) is 0 Å². The summed E-state index contributed by atoms with van der Waals surface area (Å²) >= 11 is 1.32. The number of hydrogen-bond acceptors (Lipinski definition) is 7. The van der Waals surface area contributed by atoms with Crippen molar-refractivity contribution >= 4 is 27.6 Å². The molecule has 30 heavy (non-hydrogen) atoms. The first-order valence-electron chi connectivity index (χ1n) is 9.84. The lowest BCUT2D eigenvalue weighted by Crippen LogP contribution is -2.30. The van der Waals surface area contributed by atoms with Gasteiger partial charge in [0.05, 0.1) is 11.1 Å². The van der Waals surface area contributed by atoms with E-state index in [4.69, 9.17) is 4.74 Å². The largest absolute Gasteiger partial charge is 0.491 e. The third-order valence-corrected chi connectivity index (χ3v) is 7.54. The van der Waals surface area contributed by atoms with Crippen molar-refractivity contribution in [2.24, 2.45) is 0 Å². The van der Waals surface area contributed by atoms with Gasteiger partial charge in [-0.25, -0.2) is 13.4 Å². The van der Waals surface area contributed by atoms with Crippen molar-refractivity contribution < 1.29 is 23.1 Å². The van der Waals surface area contributed by atoms with E-state index in [9.17, 15) is 18.3 Å². The standard InChI is InChI=1S/C21H28N2O5S2/c1-4-20(25)16-7-9-18(10-8-16)28-14-17(24)15-29-21-12-11-19(13-22-21)30(26,27)23(5-2)6-3/h7-13,17,24H,4-6,14-15H2,1-3H3. The number of nitrogens with zero attached hydrogens (tertiary/aromatic N) is 2. The summed E-state index contributed by atoms with van der Waals surface area (Å²) in [7, 11) is -3.53. The number of aromatic nitrogens is 1. The average molecular weight is 453 g/mol. The van der Waals surface area contributed by atoms with Gasteiger partial charge < -0.3 is 9.84 Å². The number of ether oxygens (including phenoxy) is 1. The van der Waals surface area contributed by atoms with E-state index in [0.717, 1.165) is 0 Å². The van der Waals surface area contributed by atoms with Gasteiger partial charge in [0.1, 0.15) is 17.3 Å². The lowest BCUT2D eigenvalue weighted by Gasteiger charge is -2.18. The van der Waals surface area contributed by atoms with Crippen molar-refractivity contribution in [3.63, 3.8) is 0 Å². The van der Waals surface area contributed by atoms with Crippen LogP contribution >= 0.6 is 11.8 Å². The summed E-state index contributed by atoms with van der Waals surface area (Å²) < 4.78 is 31.9. The molecule has 9 heteroatoms. The van der Waals surface area contributed by atoms with Gasteiger partial charge in [0.15, 0.2) is 5.78 Å². The molecule has 1 N–H and O–H groups in total. The summed E-state index contributed by atoms with van der Waals surface area (Å²) in [6.45, 7) is 6.30. The summed E-state index contributed by atoms with van der Waals surface area (Å²) in [4.78, 5) is 16.0. The van der Waals surface area contributed by atoms with Crippen LogP contribution in [0.5, 0.6) is 5.75 Å². The third kappa shape index (κ3) is 6.53. The van der Waals surface area contributed by atoms with Gasteiger partial charge in [-0.2, -0.15) is 4.31 Å². The Morgan fingerprint density at radius 1 is 1.13 bits per heavy atom. The number of rotatable bonds is 12. The number of aliphatic hydroxyl groups is 1. The zero-order valence-corrected chi connectivity index (χ0v) is 19.1. The van der Waals surface area contributed by atoms with Crippen molar-refractivity contribution in [3.05, 3.63) is 48.2 Å². The molecule has 7 nitrogen and oxygen atoms in total. The first-order chi connectivity index (χ1) is 14.3. The Bertz CT molecular complexity index is 911. The van der Waals surface area contributed by atoms with Gasteiger partial charge in [-0.15, -0.1) is 11.8 Å². The molecule has 0 spiro atoms. The van der Waals surface area contributed by atoms with Crippen molar-refractivity contribution in [2.75, 3.05) is 25.4 Å². The number of thioether (sulfide) groups is 1. The molecule has 1 heterocycles. The number of sulfonamides is 1. The number of aliphatic hydroxyl groups excluding tert-OH is 1. The first kappa shape index (κ1) is 24.3. The van der Waals surface area contributed by atoms with Crippen molar-refractivity contribution in [3.8, 4) is 5.75 Å². The molecule has 1 aromatic carbocycles. The Hall–Kier alpha value is -1.94. The normalized spacial score (nSPS) is 12.7. The molecule has 0 aliphatic heterocycles. The number of ketones is 1. The Morgan fingerprint density at radius 3 is 2.33 bits per heavy atom. The molecule has 0 aliphatic rings. The van der Waals surface area contributed by atoms with Crippen LogP contribution in [-0.2, 0) is 10.0 Å². The molecule has 1 atom stereocenters. The summed E-state index contributed by atoms with van der Waals surface area (Å²) in [6.07, 6.45) is 1.07. The van der Waals surface area contributed by atoms with Gasteiger partial charge >= 0.3 is 0 Å². The minimum atomic E-state index is -3.53. The molecule has 0 saturated carbocycles. The highest BCUT2D eigenvalue weighted by atomic mass is 32.2. The Kier molecular flexibility index (Phi) is 9.29. The van der Waals surface area contributed by atoms with Gasteiger partial charge in [0.25, 0.3) is 0 Å². The maximum absolute atomic E-state index is 12.5. The predicted octanol–water partition coefficient (Wildman–Crippen LogP) is 3.24. The monoisotopic (exact) mass is 452 g/mol. The van der Waals surface area contributed by atoms with Gasteiger partial charge in [-0.3, -0.25) is 4.79 Å². The van der Waals surface area contributed by atoms with Gasteiger partial charge in [0.2, 0.25) is 10.0 Å². The molecule has 0 fully saturated rings. The number of carbonyl (C=O) groups excluding carboxylic acids is 1. The van der Waals surface area contributed by atoms with Crippen LogP contribution in [-0.4, -0.2) is 60.1 Å². The van der Waals surface area contributed by atoms with E-state index in [1.165, 1.54) is 28.3 Å². The van der Waals surface area contributed by atoms with Crippen LogP contribution in [0.4, 0.5) is 0 Å². The predicted molar refractivity (Wildman–Crippen MR) is 118 cm³/mol. The van der Waals surface area contributed by atoms with Crippen LogP contribution < -0.4 is 4.74 Å². The lowest BCUT2D eigenvalue weighted by atomic mass is 10.1. The number of pyridine rings is 1. The molecular formula is C21H28N2O5S2. The molecule has 1 unspecified atom stereocenters. The van der Waals surface area contributed by atoms with E-state index in [2.05, 4.69) is 4.98 Å². The first-order valence-corrected chi connectivity index (χ1v) is 12.3. The van der Waals surface area contributed by atoms with Crippen LogP contribution in [0.3, 0.4) is 0 Å². The summed E-state index contributed by atoms with van der Waals surface area (Å²) in [6, 6.07) is 10.0. The molecule has 1 aromatic heterocycles. The summed E-state index contributed by atoms with van der Waals surface area (Å²) in [5.74, 6) is 0.999. The fourth-order valence-electron chi connectivity index (χ4n) is 2.68. The summed E-state index contributed by atoms with van der Waals surface area (Å²) in [5, 5.41) is 10.8. The van der Waals surface area contributed by atoms with E-state index < -0.39 is 16.1 Å². The molecule has 2 rings (SSSR count). The maximum Gasteiger partial charge on any atom is 0.244 e. The van der Waals surface area contributed by atoms with Crippen LogP contribution in [0.1, 0.15) is 37.6 Å². The topological polar surface area (TPSA) is 96.8 Å². The fraction of sp³-hybridized carbons (Fsp3) is 0.429. The summed E-state index contributed by atoms with van der Waals surface area (Å²) in [5.41, 5.74) is 0.637. The Balaban J connectivity index is 1.84. The van der Waals surface area contributed by atoms with Gasteiger partial charge in [0, 0.05) is 37.0 Å². The molecule has 164 valence electrons. The average Bonchev–Trinajstić information content (AvgIpc) is 2.77. The SMILES string of the molecule is CCC(=O)c1ccc(OCC(O)CSc2ccc(S(=O)(=O)N(CC)CC)cn2)cc1. The molecule has 0 aliphatic carbocycles. The molecule has 2 aromatic rings. The quantitative estimate of drug-likeness (QED) is 0.390. The number of hydrogen-bond donors (Lipinski definition) is 1. The molecular weight excluding hydrogens is 424 g/mol. The number of benzene rings is 1. The van der Waals surface area contributed by atoms with E-state index >= 15 is 0 Å². The van der Waals surface area contributed by atoms with Crippen LogP contribution in [0.15, 0.2) is 52.5 Å². The van der Waals surface area contributed by atoms with Gasteiger partial charge in [-0.05, 0) is 36.4 Å². The third-order valence-electron chi connectivity index (χ3n) is 4.42. The van der Waals surface area contributed by atoms with Crippen molar-refractivity contribution in [2.45, 2.75) is 43.2 Å². The number of Topliss-reactive ketones (excluding diaryl/α,β-unsaturated/α-hetero) is 1. The van der Waals surface area contributed by atoms with E-state index in [0.29, 0.717) is 41.6 Å². The second-order valence-corrected chi connectivity index (χ2v) is 9.48. The second kappa shape index (κ2) is 11.5. The Morgan fingerprint density at radius 2 is 1.80 bits per heavy atom. The Labute approximate surface area is 182 Å². The minimum absolute atomic E-state index is 0.0707. The van der Waals surface area contributed by atoms with Crippen LogP contribution in [0.2, 0.25) is 0 Å². The van der Waals surface area contributed by atoms with E-state index in [-0.39, 0.29) is 17.3 Å². The fourth-order valence-corrected chi connectivity index (χ4v) is 4.84.